The van der Waals surface area contributed by atoms with Gasteiger partial charge in [0.25, 0.3) is 0 Å². The van der Waals surface area contributed by atoms with Gasteiger partial charge in [-0.25, -0.2) is 9.67 Å². The summed E-state index contributed by atoms with van der Waals surface area (Å²) in [5.41, 5.74) is 1.54. The lowest BCUT2D eigenvalue weighted by molar-refractivity contribution is 0.261. The maximum atomic E-state index is 6.05. The van der Waals surface area contributed by atoms with E-state index in [2.05, 4.69) is 27.3 Å². The number of piperidine rings is 1. The fraction of sp³-hybridized carbons (Fsp3) is 0.368. The number of pyridine rings is 1. The van der Waals surface area contributed by atoms with E-state index in [1.165, 1.54) is 12.8 Å². The van der Waals surface area contributed by atoms with E-state index in [0.29, 0.717) is 22.5 Å². The van der Waals surface area contributed by atoms with Crippen molar-refractivity contribution in [3.8, 4) is 11.4 Å². The Balaban J connectivity index is 1.62. The molecule has 7 heteroatoms. The summed E-state index contributed by atoms with van der Waals surface area (Å²) in [6, 6.07) is 9.99. The molecule has 0 spiro atoms. The number of rotatable bonds is 4. The van der Waals surface area contributed by atoms with Gasteiger partial charge in [-0.05, 0) is 50.7 Å². The summed E-state index contributed by atoms with van der Waals surface area (Å²) in [4.78, 5) is 7.03. The minimum absolute atomic E-state index is 0.428. The first-order chi connectivity index (χ1) is 12.6. The van der Waals surface area contributed by atoms with Crippen molar-refractivity contribution in [1.82, 2.24) is 19.7 Å². The topological polar surface area (TPSA) is 55.2 Å². The van der Waals surface area contributed by atoms with Crippen LogP contribution in [0.15, 0.2) is 36.5 Å². The summed E-state index contributed by atoms with van der Waals surface area (Å²) < 4.78 is 7.21. The van der Waals surface area contributed by atoms with E-state index in [9.17, 15) is 0 Å². The van der Waals surface area contributed by atoms with Gasteiger partial charge in [0.1, 0.15) is 17.3 Å². The third-order valence-corrected chi connectivity index (χ3v) is 4.97. The summed E-state index contributed by atoms with van der Waals surface area (Å²) in [5, 5.41) is 9.77. The molecule has 0 bridgehead atoms. The van der Waals surface area contributed by atoms with Crippen molar-refractivity contribution < 1.29 is 4.74 Å². The quantitative estimate of drug-likeness (QED) is 0.759. The van der Waals surface area contributed by atoms with Crippen molar-refractivity contribution in [2.24, 2.45) is 0 Å². The van der Waals surface area contributed by atoms with E-state index in [-0.39, 0.29) is 0 Å². The molecule has 0 saturated carbocycles. The summed E-state index contributed by atoms with van der Waals surface area (Å²) in [6.45, 7) is 2.20. The van der Waals surface area contributed by atoms with Crippen molar-refractivity contribution >= 4 is 28.5 Å². The number of benzene rings is 1. The van der Waals surface area contributed by atoms with Crippen molar-refractivity contribution in [3.05, 3.63) is 41.6 Å². The molecule has 1 fully saturated rings. The molecule has 1 N–H and O–H groups in total. The predicted octanol–water partition coefficient (Wildman–Crippen LogP) is 3.59. The molecular weight excluding hydrogens is 350 g/mol. The van der Waals surface area contributed by atoms with Gasteiger partial charge in [-0.15, -0.1) is 5.10 Å². The number of likely N-dealkylation sites (N-methyl/N-ethyl adjacent to an activating group) is 1. The van der Waals surface area contributed by atoms with Crippen LogP contribution in [0, 0.1) is 0 Å². The Bertz CT molecular complexity index is 925. The Hall–Kier alpha value is -2.31. The maximum Gasteiger partial charge on any atom is 0.183 e. The van der Waals surface area contributed by atoms with Gasteiger partial charge in [0.05, 0.1) is 7.11 Å². The normalized spacial score (nSPS) is 18.2. The van der Waals surface area contributed by atoms with Crippen molar-refractivity contribution in [3.63, 3.8) is 0 Å². The third-order valence-electron chi connectivity index (χ3n) is 4.73. The van der Waals surface area contributed by atoms with E-state index in [1.807, 2.05) is 30.5 Å². The lowest BCUT2D eigenvalue weighted by Crippen LogP contribution is -2.39. The molecule has 0 aliphatic carbocycles. The van der Waals surface area contributed by atoms with Crippen LogP contribution in [0.4, 0.5) is 5.82 Å². The molecular formula is C19H22ClN5O. The zero-order valence-electron chi connectivity index (χ0n) is 14.9. The standard InChI is InChI=1S/C19H22ClN5O/c1-24-9-3-4-15(12-24)21-18-8-5-13-11-25(23-19(13)22-18)16-7-6-14(20)10-17(16)26-2/h5-8,10-11,15H,3-4,9,12H2,1-2H3,(H,21,22,23)/t15-/m1/s1. The predicted molar refractivity (Wildman–Crippen MR) is 105 cm³/mol. The zero-order chi connectivity index (χ0) is 18.1. The van der Waals surface area contributed by atoms with Gasteiger partial charge in [-0.3, -0.25) is 0 Å². The monoisotopic (exact) mass is 371 g/mol. The SMILES string of the molecule is COc1cc(Cl)ccc1-n1cc2ccc(N[C@@H]3CCCN(C)C3)nc2n1. The van der Waals surface area contributed by atoms with Crippen LogP contribution >= 0.6 is 11.6 Å². The van der Waals surface area contributed by atoms with Crippen molar-refractivity contribution in [2.75, 3.05) is 32.6 Å². The van der Waals surface area contributed by atoms with Crippen LogP contribution in [0.25, 0.3) is 16.7 Å². The van der Waals surface area contributed by atoms with E-state index in [4.69, 9.17) is 16.3 Å². The fourth-order valence-electron chi connectivity index (χ4n) is 3.44. The van der Waals surface area contributed by atoms with Crippen molar-refractivity contribution in [2.45, 2.75) is 18.9 Å². The van der Waals surface area contributed by atoms with Gasteiger partial charge in [0, 0.05) is 35.3 Å². The molecule has 0 radical (unpaired) electrons. The molecule has 1 aromatic carbocycles. The summed E-state index contributed by atoms with van der Waals surface area (Å²) in [6.07, 6.45) is 4.33. The van der Waals surface area contributed by atoms with E-state index in [0.717, 1.165) is 30.0 Å². The molecule has 1 aliphatic heterocycles. The number of aromatic nitrogens is 3. The van der Waals surface area contributed by atoms with Crippen LogP contribution in [0.3, 0.4) is 0 Å². The Morgan fingerprint density at radius 1 is 1.27 bits per heavy atom. The van der Waals surface area contributed by atoms with Gasteiger partial charge >= 0.3 is 0 Å². The minimum atomic E-state index is 0.428. The number of anilines is 1. The zero-order valence-corrected chi connectivity index (χ0v) is 15.7. The molecule has 136 valence electrons. The number of nitrogens with one attached hydrogen (secondary N) is 1. The molecule has 3 aromatic rings. The number of methoxy groups -OCH3 is 1. The summed E-state index contributed by atoms with van der Waals surface area (Å²) in [7, 11) is 3.78. The van der Waals surface area contributed by atoms with Crippen LogP contribution in [-0.2, 0) is 0 Å². The second kappa shape index (κ2) is 7.13. The Morgan fingerprint density at radius 2 is 2.15 bits per heavy atom. The number of hydrogen-bond donors (Lipinski definition) is 1. The molecule has 6 nitrogen and oxygen atoms in total. The number of likely N-dealkylation sites (tertiary alicyclic amines) is 1. The number of nitrogens with zero attached hydrogens (tertiary/aromatic N) is 4. The molecule has 1 saturated heterocycles. The van der Waals surface area contributed by atoms with Crippen molar-refractivity contribution in [1.29, 1.82) is 0 Å². The summed E-state index contributed by atoms with van der Waals surface area (Å²) >= 11 is 6.05. The Morgan fingerprint density at radius 3 is 2.96 bits per heavy atom. The molecule has 26 heavy (non-hydrogen) atoms. The smallest absolute Gasteiger partial charge is 0.183 e. The van der Waals surface area contributed by atoms with Crippen LogP contribution in [0.5, 0.6) is 5.75 Å². The highest BCUT2D eigenvalue weighted by Gasteiger charge is 2.17. The second-order valence-electron chi connectivity index (χ2n) is 6.74. The number of ether oxygens (including phenoxy) is 1. The van der Waals surface area contributed by atoms with E-state index in [1.54, 1.807) is 17.9 Å². The number of halogens is 1. The van der Waals surface area contributed by atoms with Gasteiger partial charge in [0.2, 0.25) is 0 Å². The highest BCUT2D eigenvalue weighted by Crippen LogP contribution is 2.27. The number of fused-ring (bicyclic) bond motifs is 1. The van der Waals surface area contributed by atoms with Crippen LogP contribution in [0.2, 0.25) is 5.02 Å². The molecule has 3 heterocycles. The van der Waals surface area contributed by atoms with Crippen LogP contribution in [-0.4, -0.2) is 53.0 Å². The third kappa shape index (κ3) is 3.48. The first kappa shape index (κ1) is 17.1. The fourth-order valence-corrected chi connectivity index (χ4v) is 3.60. The summed E-state index contributed by atoms with van der Waals surface area (Å²) in [5.74, 6) is 1.54. The highest BCUT2D eigenvalue weighted by atomic mass is 35.5. The molecule has 0 unspecified atom stereocenters. The molecule has 1 atom stereocenters. The minimum Gasteiger partial charge on any atom is -0.494 e. The molecule has 4 rings (SSSR count). The van der Waals surface area contributed by atoms with Gasteiger partial charge < -0.3 is 15.0 Å². The lowest BCUT2D eigenvalue weighted by atomic mass is 10.1. The average Bonchev–Trinajstić information content (AvgIpc) is 3.04. The molecule has 0 amide bonds. The Labute approximate surface area is 157 Å². The average molecular weight is 372 g/mol. The highest BCUT2D eigenvalue weighted by molar-refractivity contribution is 6.30. The Kier molecular flexibility index (Phi) is 4.70. The second-order valence-corrected chi connectivity index (χ2v) is 7.18. The first-order valence-corrected chi connectivity index (χ1v) is 9.15. The maximum absolute atomic E-state index is 6.05. The molecule has 1 aliphatic rings. The van der Waals surface area contributed by atoms with E-state index >= 15 is 0 Å². The largest absolute Gasteiger partial charge is 0.494 e. The molecule has 2 aromatic heterocycles. The first-order valence-electron chi connectivity index (χ1n) is 8.78. The van der Waals surface area contributed by atoms with Crippen LogP contribution in [0.1, 0.15) is 12.8 Å². The number of hydrogen-bond acceptors (Lipinski definition) is 5. The van der Waals surface area contributed by atoms with Crippen LogP contribution < -0.4 is 10.1 Å². The van der Waals surface area contributed by atoms with Gasteiger partial charge in [0.15, 0.2) is 5.65 Å². The van der Waals surface area contributed by atoms with Gasteiger partial charge in [-0.1, -0.05) is 11.6 Å². The lowest BCUT2D eigenvalue weighted by Gasteiger charge is -2.30. The van der Waals surface area contributed by atoms with E-state index < -0.39 is 0 Å². The van der Waals surface area contributed by atoms with Gasteiger partial charge in [-0.2, -0.15) is 0 Å².